The molecule has 1 saturated carbocycles. The van der Waals surface area contributed by atoms with Crippen molar-refractivity contribution in [1.29, 1.82) is 0 Å². The Morgan fingerprint density at radius 1 is 1.19 bits per heavy atom. The van der Waals surface area contributed by atoms with Crippen LogP contribution in [0.2, 0.25) is 0 Å². The summed E-state index contributed by atoms with van der Waals surface area (Å²) in [5.41, 5.74) is 8.39. The lowest BCUT2D eigenvalue weighted by Crippen LogP contribution is -2.33. The first-order valence-electron chi connectivity index (χ1n) is 8.94. The zero-order valence-corrected chi connectivity index (χ0v) is 15.4. The quantitative estimate of drug-likeness (QED) is 0.496. The van der Waals surface area contributed by atoms with E-state index < -0.39 is 0 Å². The van der Waals surface area contributed by atoms with Gasteiger partial charge in [0, 0.05) is 23.3 Å². The maximum Gasteiger partial charge on any atom is 0.216 e. The Kier molecular flexibility index (Phi) is 3.85. The molecule has 10 heteroatoms. The summed E-state index contributed by atoms with van der Waals surface area (Å²) in [4.78, 5) is 15.9. The zero-order chi connectivity index (χ0) is 18.3. The van der Waals surface area contributed by atoms with Gasteiger partial charge in [-0.1, -0.05) is 31.0 Å². The molecule has 0 atom stereocenters. The Bertz CT molecular complexity index is 1070. The topological polar surface area (TPSA) is 127 Å². The van der Waals surface area contributed by atoms with Crippen molar-refractivity contribution in [2.24, 2.45) is 0 Å². The number of aromatic amines is 2. The van der Waals surface area contributed by atoms with Crippen molar-refractivity contribution in [2.75, 3.05) is 5.73 Å². The van der Waals surface area contributed by atoms with Crippen molar-refractivity contribution in [3.8, 4) is 11.3 Å². The number of hydrogen-bond acceptors (Lipinski definition) is 7. The second-order valence-electron chi connectivity index (χ2n) is 6.75. The summed E-state index contributed by atoms with van der Waals surface area (Å²) in [6, 6.07) is 1.99. The maximum atomic E-state index is 5.71. The third-order valence-electron chi connectivity index (χ3n) is 5.03. The van der Waals surface area contributed by atoms with E-state index in [0.29, 0.717) is 11.1 Å². The van der Waals surface area contributed by atoms with Crippen LogP contribution in [0.25, 0.3) is 22.3 Å². The molecule has 138 valence electrons. The van der Waals surface area contributed by atoms with Gasteiger partial charge in [-0.25, -0.2) is 15.1 Å². The van der Waals surface area contributed by atoms with Gasteiger partial charge in [0.25, 0.3) is 0 Å². The summed E-state index contributed by atoms with van der Waals surface area (Å²) >= 11 is 1.63. The molecule has 1 fully saturated rings. The van der Waals surface area contributed by atoms with E-state index in [4.69, 9.17) is 10.8 Å². The van der Waals surface area contributed by atoms with Gasteiger partial charge < -0.3 is 10.7 Å². The number of thioether (sulfide) groups is 1. The molecule has 0 bridgehead atoms. The highest BCUT2D eigenvalue weighted by Gasteiger charge is 2.37. The van der Waals surface area contributed by atoms with E-state index in [9.17, 15) is 0 Å². The maximum absolute atomic E-state index is 5.71. The van der Waals surface area contributed by atoms with Crippen molar-refractivity contribution in [1.82, 2.24) is 39.9 Å². The number of rotatable bonds is 4. The highest BCUT2D eigenvalue weighted by molar-refractivity contribution is 7.99. The van der Waals surface area contributed by atoms with Crippen molar-refractivity contribution in [3.05, 3.63) is 31.0 Å². The van der Waals surface area contributed by atoms with Gasteiger partial charge in [-0.05, 0) is 18.9 Å². The van der Waals surface area contributed by atoms with Gasteiger partial charge in [-0.3, -0.25) is 4.68 Å². The number of nitrogen functional groups attached to an aromatic ring is 1. The molecule has 4 heterocycles. The summed E-state index contributed by atoms with van der Waals surface area (Å²) in [5, 5.41) is 13.3. The Labute approximate surface area is 159 Å². The fraction of sp³-hybridized carbons (Fsp3) is 0.353. The molecule has 4 aromatic rings. The minimum Gasteiger partial charge on any atom is -0.368 e. The first kappa shape index (κ1) is 16.3. The average molecular weight is 381 g/mol. The SMILES string of the molecule is Nc1nc(SC2(n3cc(-c4ncnc5[nH]ccc45)cn3)CCCCC2)n[nH]1. The van der Waals surface area contributed by atoms with E-state index in [1.165, 1.54) is 6.42 Å². The third-order valence-corrected chi connectivity index (χ3v) is 6.37. The predicted molar refractivity (Wildman–Crippen MR) is 103 cm³/mol. The molecule has 0 aromatic carbocycles. The molecule has 0 aliphatic heterocycles. The number of nitrogens with two attached hydrogens (primary N) is 1. The number of H-pyrrole nitrogens is 2. The standard InChI is InChI=1S/C17H19N9S/c18-15-23-16(25-24-15)27-17(5-2-1-3-6-17)26-9-11(8-22-26)13-12-4-7-19-14(12)21-10-20-13/h4,7-10H,1-3,5-6H2,(H,19,20,21)(H3,18,23,24,25). The molecule has 0 spiro atoms. The Morgan fingerprint density at radius 2 is 2.07 bits per heavy atom. The minimum absolute atomic E-state index is 0.213. The lowest BCUT2D eigenvalue weighted by atomic mass is 9.95. The van der Waals surface area contributed by atoms with E-state index in [0.717, 1.165) is 48.0 Å². The van der Waals surface area contributed by atoms with Gasteiger partial charge in [0.15, 0.2) is 0 Å². The van der Waals surface area contributed by atoms with Crippen LogP contribution < -0.4 is 5.73 Å². The highest BCUT2D eigenvalue weighted by atomic mass is 32.2. The molecule has 4 aromatic heterocycles. The van der Waals surface area contributed by atoms with Crippen LogP contribution in [0.15, 0.2) is 36.1 Å². The van der Waals surface area contributed by atoms with E-state index in [1.807, 2.05) is 18.5 Å². The largest absolute Gasteiger partial charge is 0.368 e. The van der Waals surface area contributed by atoms with Crippen LogP contribution in [0.1, 0.15) is 32.1 Å². The minimum atomic E-state index is -0.213. The van der Waals surface area contributed by atoms with Gasteiger partial charge in [0.1, 0.15) is 16.8 Å². The summed E-state index contributed by atoms with van der Waals surface area (Å²) in [5.74, 6) is 0.334. The van der Waals surface area contributed by atoms with Crippen LogP contribution in [0, 0.1) is 0 Å². The Morgan fingerprint density at radius 3 is 2.89 bits per heavy atom. The number of aromatic nitrogens is 8. The summed E-state index contributed by atoms with van der Waals surface area (Å²) < 4.78 is 2.05. The van der Waals surface area contributed by atoms with Gasteiger partial charge >= 0.3 is 0 Å². The molecule has 0 radical (unpaired) electrons. The number of anilines is 1. The molecule has 0 unspecified atom stereocenters. The van der Waals surface area contributed by atoms with Crippen molar-refractivity contribution < 1.29 is 0 Å². The number of nitrogens with one attached hydrogen (secondary N) is 2. The van der Waals surface area contributed by atoms with Crippen molar-refractivity contribution in [3.63, 3.8) is 0 Å². The molecule has 4 N–H and O–H groups in total. The normalized spacial score (nSPS) is 16.7. The van der Waals surface area contributed by atoms with Gasteiger partial charge in [-0.2, -0.15) is 10.1 Å². The predicted octanol–water partition coefficient (Wildman–Crippen LogP) is 2.93. The fourth-order valence-electron chi connectivity index (χ4n) is 3.73. The molecular weight excluding hydrogens is 362 g/mol. The molecular formula is C17H19N9S. The molecule has 9 nitrogen and oxygen atoms in total. The third kappa shape index (κ3) is 2.85. The van der Waals surface area contributed by atoms with E-state index in [-0.39, 0.29) is 4.87 Å². The number of fused-ring (bicyclic) bond motifs is 1. The van der Waals surface area contributed by atoms with Crippen LogP contribution in [-0.2, 0) is 4.87 Å². The lowest BCUT2D eigenvalue weighted by Gasteiger charge is -2.35. The molecule has 0 amide bonds. The monoisotopic (exact) mass is 381 g/mol. The lowest BCUT2D eigenvalue weighted by molar-refractivity contribution is 0.287. The summed E-state index contributed by atoms with van der Waals surface area (Å²) in [6.07, 6.45) is 13.0. The zero-order valence-electron chi connectivity index (χ0n) is 14.6. The second-order valence-corrected chi connectivity index (χ2v) is 8.08. The first-order chi connectivity index (χ1) is 13.2. The first-order valence-corrected chi connectivity index (χ1v) is 9.76. The van der Waals surface area contributed by atoms with Crippen LogP contribution in [0.4, 0.5) is 5.95 Å². The highest BCUT2D eigenvalue weighted by Crippen LogP contribution is 2.47. The van der Waals surface area contributed by atoms with E-state index in [1.54, 1.807) is 18.1 Å². The second kappa shape index (κ2) is 6.38. The van der Waals surface area contributed by atoms with Gasteiger partial charge in [-0.15, -0.1) is 5.10 Å². The average Bonchev–Trinajstić information content (AvgIpc) is 3.43. The van der Waals surface area contributed by atoms with Crippen LogP contribution in [-0.4, -0.2) is 39.9 Å². The number of nitrogens with zero attached hydrogens (tertiary/aromatic N) is 6. The Hall–Kier alpha value is -2.88. The molecule has 0 saturated heterocycles. The molecule has 5 rings (SSSR count). The van der Waals surface area contributed by atoms with Crippen molar-refractivity contribution in [2.45, 2.75) is 42.1 Å². The van der Waals surface area contributed by atoms with Crippen LogP contribution >= 0.6 is 11.8 Å². The Balaban J connectivity index is 1.54. The van der Waals surface area contributed by atoms with Crippen LogP contribution in [0.3, 0.4) is 0 Å². The van der Waals surface area contributed by atoms with Gasteiger partial charge in [0.2, 0.25) is 11.1 Å². The molecule has 27 heavy (non-hydrogen) atoms. The van der Waals surface area contributed by atoms with E-state index >= 15 is 0 Å². The molecule has 1 aliphatic rings. The van der Waals surface area contributed by atoms with Crippen molar-refractivity contribution >= 4 is 28.7 Å². The van der Waals surface area contributed by atoms with Crippen LogP contribution in [0.5, 0.6) is 0 Å². The fourth-order valence-corrected chi connectivity index (χ4v) is 4.99. The number of hydrogen-bond donors (Lipinski definition) is 3. The van der Waals surface area contributed by atoms with E-state index in [2.05, 4.69) is 41.0 Å². The van der Waals surface area contributed by atoms with Gasteiger partial charge in [0.05, 0.1) is 11.9 Å². The smallest absolute Gasteiger partial charge is 0.216 e. The summed E-state index contributed by atoms with van der Waals surface area (Å²) in [6.45, 7) is 0. The molecule has 1 aliphatic carbocycles. The summed E-state index contributed by atoms with van der Waals surface area (Å²) in [7, 11) is 0.